The molecular weight excluding hydrogens is 340 g/mol. The fraction of sp³-hybridized carbons (Fsp3) is 0.450. The summed E-state index contributed by atoms with van der Waals surface area (Å²) in [6.45, 7) is 6.85. The quantitative estimate of drug-likeness (QED) is 0.604. The molecule has 0 bridgehead atoms. The lowest BCUT2D eigenvalue weighted by molar-refractivity contribution is -0.129. The summed E-state index contributed by atoms with van der Waals surface area (Å²) in [4.78, 5) is 18.6. The molecule has 1 saturated heterocycles. The average molecular weight is 368 g/mol. The van der Waals surface area contributed by atoms with E-state index in [9.17, 15) is 4.79 Å². The molecule has 2 heterocycles. The van der Waals surface area contributed by atoms with Crippen LogP contribution in [0.25, 0.3) is 5.69 Å². The van der Waals surface area contributed by atoms with Crippen LogP contribution in [-0.2, 0) is 11.3 Å². The van der Waals surface area contributed by atoms with E-state index in [1.165, 1.54) is 0 Å². The van der Waals surface area contributed by atoms with E-state index in [0.717, 1.165) is 43.3 Å². The second-order valence-corrected chi connectivity index (χ2v) is 6.60. The molecule has 0 radical (unpaired) electrons. The number of para-hydroxylation sites is 1. The first-order valence-electron chi connectivity index (χ1n) is 9.61. The zero-order valence-electron chi connectivity index (χ0n) is 16.1. The Kier molecular flexibility index (Phi) is 6.46. The number of benzene rings is 1. The number of guanidine groups is 1. The number of carbonyl (C=O) groups is 1. The van der Waals surface area contributed by atoms with Crippen molar-refractivity contribution in [2.45, 2.75) is 39.3 Å². The Bertz CT molecular complexity index is 771. The number of aromatic nitrogens is 2. The SMILES string of the molecule is CCNC(=NCc1ccccc1-n1cccn1)NC1CCN(C(=O)CC)C1. The summed E-state index contributed by atoms with van der Waals surface area (Å²) in [6.07, 6.45) is 5.21. The van der Waals surface area contributed by atoms with Crippen LogP contribution in [0.2, 0.25) is 0 Å². The van der Waals surface area contributed by atoms with Gasteiger partial charge in [0.25, 0.3) is 0 Å². The van der Waals surface area contributed by atoms with Crippen molar-refractivity contribution in [3.8, 4) is 5.69 Å². The van der Waals surface area contributed by atoms with Gasteiger partial charge in [0.05, 0.1) is 12.2 Å². The summed E-state index contributed by atoms with van der Waals surface area (Å²) < 4.78 is 1.86. The molecule has 1 unspecified atom stereocenters. The van der Waals surface area contributed by atoms with E-state index in [1.807, 2.05) is 47.0 Å². The molecule has 2 N–H and O–H groups in total. The summed E-state index contributed by atoms with van der Waals surface area (Å²) in [5, 5.41) is 11.1. The number of amides is 1. The number of likely N-dealkylation sites (tertiary alicyclic amines) is 1. The Morgan fingerprint density at radius 2 is 2.15 bits per heavy atom. The molecule has 1 aromatic carbocycles. The highest BCUT2D eigenvalue weighted by molar-refractivity contribution is 5.80. The maximum Gasteiger partial charge on any atom is 0.222 e. The van der Waals surface area contributed by atoms with Crippen molar-refractivity contribution < 1.29 is 4.79 Å². The molecule has 1 atom stereocenters. The molecule has 0 aliphatic carbocycles. The third-order valence-electron chi connectivity index (χ3n) is 4.68. The number of hydrogen-bond acceptors (Lipinski definition) is 3. The number of aliphatic imine (C=N–C) groups is 1. The van der Waals surface area contributed by atoms with Gasteiger partial charge in [0.15, 0.2) is 5.96 Å². The average Bonchev–Trinajstić information content (AvgIpc) is 3.38. The van der Waals surface area contributed by atoms with Crippen molar-refractivity contribution in [1.29, 1.82) is 0 Å². The topological polar surface area (TPSA) is 74.6 Å². The van der Waals surface area contributed by atoms with Gasteiger partial charge in [-0.25, -0.2) is 9.67 Å². The Labute approximate surface area is 160 Å². The number of nitrogens with zero attached hydrogens (tertiary/aromatic N) is 4. The first kappa shape index (κ1) is 18.9. The van der Waals surface area contributed by atoms with Crippen LogP contribution in [0, 0.1) is 0 Å². The van der Waals surface area contributed by atoms with E-state index in [2.05, 4.69) is 28.7 Å². The van der Waals surface area contributed by atoms with Crippen LogP contribution < -0.4 is 10.6 Å². The van der Waals surface area contributed by atoms with Crippen LogP contribution in [0.5, 0.6) is 0 Å². The smallest absolute Gasteiger partial charge is 0.222 e. The Morgan fingerprint density at radius 3 is 2.89 bits per heavy atom. The maximum absolute atomic E-state index is 11.9. The summed E-state index contributed by atoms with van der Waals surface area (Å²) in [5.74, 6) is 0.998. The third kappa shape index (κ3) is 4.87. The minimum absolute atomic E-state index is 0.217. The Balaban J connectivity index is 1.68. The van der Waals surface area contributed by atoms with E-state index in [-0.39, 0.29) is 11.9 Å². The minimum atomic E-state index is 0.217. The number of carbonyl (C=O) groups excluding carboxylic acids is 1. The summed E-state index contributed by atoms with van der Waals surface area (Å²) in [7, 11) is 0. The lowest BCUT2D eigenvalue weighted by Gasteiger charge is -2.19. The first-order valence-corrected chi connectivity index (χ1v) is 9.61. The molecule has 27 heavy (non-hydrogen) atoms. The molecule has 144 valence electrons. The van der Waals surface area contributed by atoms with E-state index in [0.29, 0.717) is 13.0 Å². The Hall–Kier alpha value is -2.83. The molecule has 0 saturated carbocycles. The van der Waals surface area contributed by atoms with Crippen molar-refractivity contribution in [3.63, 3.8) is 0 Å². The Morgan fingerprint density at radius 1 is 1.30 bits per heavy atom. The van der Waals surface area contributed by atoms with Crippen LogP contribution in [0.3, 0.4) is 0 Å². The van der Waals surface area contributed by atoms with E-state index in [1.54, 1.807) is 6.20 Å². The van der Waals surface area contributed by atoms with Crippen molar-refractivity contribution in [2.75, 3.05) is 19.6 Å². The molecule has 1 aliphatic heterocycles. The molecule has 3 rings (SSSR count). The number of rotatable bonds is 6. The fourth-order valence-corrected chi connectivity index (χ4v) is 3.29. The highest BCUT2D eigenvalue weighted by Crippen LogP contribution is 2.15. The van der Waals surface area contributed by atoms with Gasteiger partial charge in [0.1, 0.15) is 0 Å². The van der Waals surface area contributed by atoms with Gasteiger partial charge in [0, 0.05) is 44.5 Å². The third-order valence-corrected chi connectivity index (χ3v) is 4.68. The van der Waals surface area contributed by atoms with Gasteiger partial charge in [-0.2, -0.15) is 5.10 Å². The van der Waals surface area contributed by atoms with Gasteiger partial charge in [-0.3, -0.25) is 4.79 Å². The number of hydrogen-bond donors (Lipinski definition) is 2. The molecule has 1 aromatic heterocycles. The lowest BCUT2D eigenvalue weighted by atomic mass is 10.2. The second-order valence-electron chi connectivity index (χ2n) is 6.60. The van der Waals surface area contributed by atoms with E-state index >= 15 is 0 Å². The normalized spacial score (nSPS) is 17.2. The van der Waals surface area contributed by atoms with Crippen LogP contribution in [0.4, 0.5) is 0 Å². The maximum atomic E-state index is 11.9. The highest BCUT2D eigenvalue weighted by Gasteiger charge is 2.25. The summed E-state index contributed by atoms with van der Waals surface area (Å²) in [5.41, 5.74) is 2.13. The van der Waals surface area contributed by atoms with E-state index in [4.69, 9.17) is 4.99 Å². The molecular formula is C20H28N6O. The van der Waals surface area contributed by atoms with E-state index < -0.39 is 0 Å². The van der Waals surface area contributed by atoms with Gasteiger partial charge in [0.2, 0.25) is 5.91 Å². The molecule has 2 aromatic rings. The standard InChI is InChI=1S/C20H28N6O/c1-3-19(27)25-13-10-17(15-25)24-20(21-4-2)22-14-16-8-5-6-9-18(16)26-12-7-11-23-26/h5-9,11-12,17H,3-4,10,13-15H2,1-2H3,(H2,21,22,24). The molecule has 1 aliphatic rings. The van der Waals surface area contributed by atoms with Crippen LogP contribution >= 0.6 is 0 Å². The van der Waals surface area contributed by atoms with Gasteiger partial charge in [-0.05, 0) is 31.0 Å². The summed E-state index contributed by atoms with van der Waals surface area (Å²) in [6, 6.07) is 10.3. The van der Waals surface area contributed by atoms with Gasteiger partial charge in [-0.1, -0.05) is 25.1 Å². The lowest BCUT2D eigenvalue weighted by Crippen LogP contribution is -2.45. The molecule has 1 fully saturated rings. The minimum Gasteiger partial charge on any atom is -0.357 e. The van der Waals surface area contributed by atoms with Crippen molar-refractivity contribution in [1.82, 2.24) is 25.3 Å². The van der Waals surface area contributed by atoms with Crippen molar-refractivity contribution >= 4 is 11.9 Å². The monoisotopic (exact) mass is 368 g/mol. The van der Waals surface area contributed by atoms with Crippen molar-refractivity contribution in [3.05, 3.63) is 48.3 Å². The van der Waals surface area contributed by atoms with Crippen molar-refractivity contribution in [2.24, 2.45) is 4.99 Å². The number of nitrogens with one attached hydrogen (secondary N) is 2. The molecule has 1 amide bonds. The predicted molar refractivity (Wildman–Crippen MR) is 107 cm³/mol. The first-order chi connectivity index (χ1) is 13.2. The van der Waals surface area contributed by atoms with Crippen LogP contribution in [0.1, 0.15) is 32.3 Å². The molecule has 7 nitrogen and oxygen atoms in total. The van der Waals surface area contributed by atoms with Crippen LogP contribution in [-0.4, -0.2) is 52.2 Å². The van der Waals surface area contributed by atoms with Gasteiger partial charge in [-0.15, -0.1) is 0 Å². The zero-order chi connectivity index (χ0) is 19.1. The second kappa shape index (κ2) is 9.21. The largest absolute Gasteiger partial charge is 0.357 e. The molecule has 0 spiro atoms. The highest BCUT2D eigenvalue weighted by atomic mass is 16.2. The zero-order valence-corrected chi connectivity index (χ0v) is 16.1. The van der Waals surface area contributed by atoms with Gasteiger partial charge < -0.3 is 15.5 Å². The molecule has 7 heteroatoms. The van der Waals surface area contributed by atoms with Crippen LogP contribution in [0.15, 0.2) is 47.7 Å². The van der Waals surface area contributed by atoms with Gasteiger partial charge >= 0.3 is 0 Å². The predicted octanol–water partition coefficient (Wildman–Crippen LogP) is 1.94. The summed E-state index contributed by atoms with van der Waals surface area (Å²) >= 11 is 0. The fourth-order valence-electron chi connectivity index (χ4n) is 3.29.